The summed E-state index contributed by atoms with van der Waals surface area (Å²) in [6.45, 7) is 0. The minimum absolute atomic E-state index is 0. The molecule has 0 heterocycles. The first-order valence-corrected chi connectivity index (χ1v) is 0. The van der Waals surface area contributed by atoms with E-state index in [2.05, 4.69) is 0 Å². The Bertz CT molecular complexity index is 7.61. The first-order valence-electron chi connectivity index (χ1n) is 0. The molecule has 0 rings (SSSR count). The maximum atomic E-state index is 0. The van der Waals surface area contributed by atoms with E-state index in [1.807, 2.05) is 0 Å². The van der Waals surface area contributed by atoms with E-state index in [0.717, 1.165) is 0 Å². The second kappa shape index (κ2) is 31.3. The van der Waals surface area contributed by atoms with E-state index in [9.17, 15) is 0 Å². The van der Waals surface area contributed by atoms with Crippen LogP contribution in [-0.2, 0) is 83.6 Å². The standard InChI is InChI=1S/2Co.Cu.2Ni. The maximum Gasteiger partial charge on any atom is 0 e. The first kappa shape index (κ1) is 50.3. The molecule has 0 aromatic rings. The van der Waals surface area contributed by atoms with Crippen LogP contribution in [0.5, 0.6) is 0 Å². The van der Waals surface area contributed by atoms with Crippen LogP contribution in [0.4, 0.5) is 0 Å². The monoisotopic (exact) mass is 297 g/mol. The van der Waals surface area contributed by atoms with Gasteiger partial charge in [0.05, 0.1) is 0 Å². The molecule has 0 spiro atoms. The van der Waals surface area contributed by atoms with Gasteiger partial charge >= 0.3 is 0 Å². The van der Waals surface area contributed by atoms with Crippen LogP contribution in [0.3, 0.4) is 0 Å². The summed E-state index contributed by atoms with van der Waals surface area (Å²) in [5, 5.41) is 0. The zero-order valence-corrected chi connectivity index (χ0v) is 6.60. The van der Waals surface area contributed by atoms with Gasteiger partial charge in [0.2, 0.25) is 0 Å². The summed E-state index contributed by atoms with van der Waals surface area (Å²) in [4.78, 5) is 0. The number of hydrogen-bond acceptors (Lipinski definition) is 0. The van der Waals surface area contributed by atoms with Crippen molar-refractivity contribution in [2.45, 2.75) is 0 Å². The summed E-state index contributed by atoms with van der Waals surface area (Å²) in [7, 11) is 0. The van der Waals surface area contributed by atoms with E-state index in [4.69, 9.17) is 0 Å². The van der Waals surface area contributed by atoms with E-state index < -0.39 is 0 Å². The van der Waals surface area contributed by atoms with Crippen LogP contribution in [0.2, 0.25) is 0 Å². The molecule has 0 aliphatic heterocycles. The Hall–Kier alpha value is 2.52. The average Bonchev–Trinajstić information content (AvgIpc) is 0. The molecule has 49 valence electrons. The summed E-state index contributed by atoms with van der Waals surface area (Å²) in [6.07, 6.45) is 0. The Morgan fingerprint density at radius 2 is 0.600 bits per heavy atom. The molecule has 0 aromatic carbocycles. The fraction of sp³-hybridized carbons (Fsp3) is 0. The van der Waals surface area contributed by atoms with E-state index in [0.29, 0.717) is 0 Å². The van der Waals surface area contributed by atoms with Gasteiger partial charge < -0.3 is 0 Å². The van der Waals surface area contributed by atoms with Crippen molar-refractivity contribution in [3.63, 3.8) is 0 Å². The molecule has 0 aliphatic carbocycles. The molecule has 0 atom stereocenters. The van der Waals surface area contributed by atoms with Gasteiger partial charge in [0.15, 0.2) is 0 Å². The second-order valence-electron chi connectivity index (χ2n) is 0. The van der Waals surface area contributed by atoms with E-state index >= 15 is 0 Å². The summed E-state index contributed by atoms with van der Waals surface area (Å²) in [5.41, 5.74) is 0. The molecule has 0 saturated carbocycles. The third kappa shape index (κ3) is 21.0. The zero-order valence-electron chi connectivity index (χ0n) is 1.60. The Morgan fingerprint density at radius 1 is 0.600 bits per heavy atom. The Kier molecular flexibility index (Phi) is 315. The van der Waals surface area contributed by atoms with Gasteiger partial charge in [-0.1, -0.05) is 0 Å². The van der Waals surface area contributed by atoms with Crippen molar-refractivity contribution in [1.82, 2.24) is 0 Å². The largest absolute Gasteiger partial charge is 0 e. The average molecular weight is 299 g/mol. The summed E-state index contributed by atoms with van der Waals surface area (Å²) in [6, 6.07) is 0. The fourth-order valence-electron chi connectivity index (χ4n) is 0. The third-order valence-corrected chi connectivity index (χ3v) is 0. The molecule has 0 bridgehead atoms. The van der Waals surface area contributed by atoms with Crippen LogP contribution in [0.25, 0.3) is 0 Å². The summed E-state index contributed by atoms with van der Waals surface area (Å²) in [5.74, 6) is 0. The van der Waals surface area contributed by atoms with Gasteiger partial charge in [-0.3, -0.25) is 0 Å². The number of rotatable bonds is 0. The predicted octanol–water partition coefficient (Wildman–Crippen LogP) is -0.0125. The molecule has 0 unspecified atom stereocenters. The number of hydrogen-bond donors (Lipinski definition) is 0. The first-order chi connectivity index (χ1) is 0. The molecule has 0 fully saturated rings. The molecule has 3 radical (unpaired) electrons. The quantitative estimate of drug-likeness (QED) is 0.552. The topological polar surface area (TPSA) is 0 Å². The molecular weight excluding hydrogens is 299 g/mol. The van der Waals surface area contributed by atoms with Gasteiger partial charge in [-0.2, -0.15) is 0 Å². The molecule has 5 heavy (non-hydrogen) atoms. The van der Waals surface area contributed by atoms with Gasteiger partial charge in [-0.05, 0) is 0 Å². The van der Waals surface area contributed by atoms with Crippen molar-refractivity contribution in [3.05, 3.63) is 0 Å². The SMILES string of the molecule is [Co].[Co].[Cu].[Ni].[Ni]. The molecule has 0 aromatic heterocycles. The van der Waals surface area contributed by atoms with Crippen LogP contribution in [-0.4, -0.2) is 0 Å². The summed E-state index contributed by atoms with van der Waals surface area (Å²) >= 11 is 0. The van der Waals surface area contributed by atoms with Crippen molar-refractivity contribution in [1.29, 1.82) is 0 Å². The van der Waals surface area contributed by atoms with E-state index in [-0.39, 0.29) is 83.6 Å². The van der Waals surface area contributed by atoms with Crippen molar-refractivity contribution < 1.29 is 83.6 Å². The van der Waals surface area contributed by atoms with Crippen LogP contribution < -0.4 is 0 Å². The van der Waals surface area contributed by atoms with Crippen molar-refractivity contribution in [2.24, 2.45) is 0 Å². The van der Waals surface area contributed by atoms with Crippen LogP contribution in [0.1, 0.15) is 0 Å². The second-order valence-corrected chi connectivity index (χ2v) is 0. The van der Waals surface area contributed by atoms with Gasteiger partial charge in [-0.15, -0.1) is 0 Å². The normalized spacial score (nSPS) is 0. The van der Waals surface area contributed by atoms with Crippen LogP contribution in [0, 0.1) is 0 Å². The third-order valence-electron chi connectivity index (χ3n) is 0. The van der Waals surface area contributed by atoms with E-state index in [1.54, 1.807) is 0 Å². The summed E-state index contributed by atoms with van der Waals surface area (Å²) < 4.78 is 0. The maximum absolute atomic E-state index is 0. The Labute approximate surface area is 82.7 Å². The molecule has 5 heteroatoms. The molecule has 0 N–H and O–H groups in total. The van der Waals surface area contributed by atoms with Crippen molar-refractivity contribution in [2.75, 3.05) is 0 Å². The smallest absolute Gasteiger partial charge is 0 e. The molecule has 0 saturated heterocycles. The van der Waals surface area contributed by atoms with Gasteiger partial charge in [0.25, 0.3) is 0 Å². The van der Waals surface area contributed by atoms with Crippen LogP contribution >= 0.6 is 0 Å². The fourth-order valence-corrected chi connectivity index (χ4v) is 0. The van der Waals surface area contributed by atoms with Gasteiger partial charge in [0, 0.05) is 83.6 Å². The van der Waals surface area contributed by atoms with Crippen LogP contribution in [0.15, 0.2) is 0 Å². The minimum atomic E-state index is 0. The van der Waals surface area contributed by atoms with E-state index in [1.165, 1.54) is 0 Å². The van der Waals surface area contributed by atoms with Gasteiger partial charge in [-0.25, -0.2) is 0 Å². The predicted molar refractivity (Wildman–Crippen MR) is 0 cm³/mol. The molecular formula is Co2CuNi2. The van der Waals surface area contributed by atoms with Crippen molar-refractivity contribution in [3.8, 4) is 0 Å². The molecule has 0 aliphatic rings. The molecule has 0 amide bonds. The Balaban J connectivity index is 0. The van der Waals surface area contributed by atoms with Gasteiger partial charge in [0.1, 0.15) is 0 Å². The minimum Gasteiger partial charge on any atom is 0 e. The van der Waals surface area contributed by atoms with Crippen molar-refractivity contribution >= 4 is 0 Å². The zero-order chi connectivity index (χ0) is 0. The Morgan fingerprint density at radius 3 is 0.600 bits per heavy atom. The molecule has 0 nitrogen and oxygen atoms in total.